The second kappa shape index (κ2) is 11.1. The summed E-state index contributed by atoms with van der Waals surface area (Å²) in [5.74, 6) is -0.676. The molecule has 0 rings (SSSR count). The number of nitrogens with one attached hydrogen (secondary N) is 1. The number of aliphatic carboxylic acids is 1. The van der Waals surface area contributed by atoms with Crippen molar-refractivity contribution in [2.75, 3.05) is 0 Å². The third-order valence-electron chi connectivity index (χ3n) is 4.35. The van der Waals surface area contributed by atoms with E-state index in [1.54, 1.807) is 0 Å². The first-order valence-electron chi connectivity index (χ1n) is 8.57. The maximum Gasteiger partial charge on any atom is 0.323 e. The van der Waals surface area contributed by atoms with E-state index in [2.05, 4.69) is 26.1 Å². The minimum atomic E-state index is -0.720. The van der Waals surface area contributed by atoms with Crippen LogP contribution in [0.25, 0.3) is 0 Å². The first-order valence-corrected chi connectivity index (χ1v) is 8.57. The zero-order valence-electron chi connectivity index (χ0n) is 14.0. The highest BCUT2D eigenvalue weighted by molar-refractivity contribution is 5.78. The lowest BCUT2D eigenvalue weighted by Gasteiger charge is -2.34. The summed E-state index contributed by atoms with van der Waals surface area (Å²) in [7, 11) is 0. The molecule has 3 nitrogen and oxygen atoms in total. The number of rotatable bonds is 13. The SMILES string of the molecule is CCCCCC(CC)NC(CC)(CCCCC)C(=O)O. The summed E-state index contributed by atoms with van der Waals surface area (Å²) in [6, 6.07) is 0.333. The molecule has 0 saturated heterocycles. The first kappa shape index (κ1) is 19.4. The van der Waals surface area contributed by atoms with Crippen molar-refractivity contribution in [3.63, 3.8) is 0 Å². The zero-order valence-corrected chi connectivity index (χ0v) is 14.0. The summed E-state index contributed by atoms with van der Waals surface area (Å²) in [5, 5.41) is 13.2. The molecule has 0 radical (unpaired) electrons. The minimum absolute atomic E-state index is 0.333. The van der Waals surface area contributed by atoms with Crippen molar-refractivity contribution in [1.29, 1.82) is 0 Å². The highest BCUT2D eigenvalue weighted by atomic mass is 16.4. The van der Waals surface area contributed by atoms with Crippen molar-refractivity contribution in [3.05, 3.63) is 0 Å². The molecule has 0 aliphatic rings. The van der Waals surface area contributed by atoms with E-state index < -0.39 is 11.5 Å². The van der Waals surface area contributed by atoms with Crippen molar-refractivity contribution < 1.29 is 9.90 Å². The van der Waals surface area contributed by atoms with Gasteiger partial charge in [-0.3, -0.25) is 10.1 Å². The second-order valence-corrected chi connectivity index (χ2v) is 5.94. The fourth-order valence-corrected chi connectivity index (χ4v) is 2.76. The van der Waals surface area contributed by atoms with Crippen LogP contribution in [0.4, 0.5) is 0 Å². The Balaban J connectivity index is 4.61. The number of hydrogen-bond acceptors (Lipinski definition) is 2. The fourth-order valence-electron chi connectivity index (χ4n) is 2.76. The lowest BCUT2D eigenvalue weighted by molar-refractivity contribution is -0.146. The van der Waals surface area contributed by atoms with Gasteiger partial charge in [0.25, 0.3) is 0 Å². The summed E-state index contributed by atoms with van der Waals surface area (Å²) in [6.07, 6.45) is 10.4. The van der Waals surface area contributed by atoms with Crippen molar-refractivity contribution in [2.24, 2.45) is 0 Å². The van der Waals surface area contributed by atoms with Gasteiger partial charge in [-0.05, 0) is 25.7 Å². The molecule has 20 heavy (non-hydrogen) atoms. The highest BCUT2D eigenvalue weighted by Crippen LogP contribution is 2.22. The van der Waals surface area contributed by atoms with Crippen LogP contribution >= 0.6 is 0 Å². The van der Waals surface area contributed by atoms with Gasteiger partial charge in [-0.2, -0.15) is 0 Å². The van der Waals surface area contributed by atoms with Gasteiger partial charge < -0.3 is 5.11 Å². The lowest BCUT2D eigenvalue weighted by Crippen LogP contribution is -2.55. The van der Waals surface area contributed by atoms with E-state index in [-0.39, 0.29) is 0 Å². The molecule has 2 atom stereocenters. The summed E-state index contributed by atoms with van der Waals surface area (Å²) < 4.78 is 0. The molecule has 0 heterocycles. The van der Waals surface area contributed by atoms with E-state index in [0.29, 0.717) is 12.5 Å². The van der Waals surface area contributed by atoms with E-state index in [1.807, 2.05) is 6.92 Å². The van der Waals surface area contributed by atoms with Gasteiger partial charge in [0.15, 0.2) is 0 Å². The quantitative estimate of drug-likeness (QED) is 0.480. The minimum Gasteiger partial charge on any atom is -0.480 e. The predicted octanol–water partition coefficient (Wildman–Crippen LogP) is 4.75. The van der Waals surface area contributed by atoms with Gasteiger partial charge in [-0.1, -0.05) is 66.2 Å². The van der Waals surface area contributed by atoms with E-state index in [9.17, 15) is 9.90 Å². The average Bonchev–Trinajstić information content (AvgIpc) is 2.44. The topological polar surface area (TPSA) is 49.3 Å². The largest absolute Gasteiger partial charge is 0.480 e. The molecular formula is C17H35NO2. The standard InChI is InChI=1S/C17H35NO2/c1-5-9-11-13-15(7-3)18-17(8-4,16(19)20)14-12-10-6-2/h15,18H,5-14H2,1-4H3,(H,19,20). The Morgan fingerprint density at radius 2 is 1.65 bits per heavy atom. The predicted molar refractivity (Wildman–Crippen MR) is 86.2 cm³/mol. The van der Waals surface area contributed by atoms with E-state index >= 15 is 0 Å². The molecule has 3 heteroatoms. The molecule has 0 aromatic rings. The fraction of sp³-hybridized carbons (Fsp3) is 0.941. The number of carbonyl (C=O) groups is 1. The van der Waals surface area contributed by atoms with E-state index in [4.69, 9.17) is 0 Å². The Hall–Kier alpha value is -0.570. The molecule has 0 saturated carbocycles. The molecule has 0 aliphatic carbocycles. The molecule has 0 aromatic heterocycles. The van der Waals surface area contributed by atoms with Crippen LogP contribution in [-0.2, 0) is 4.79 Å². The number of carboxylic acids is 1. The van der Waals surface area contributed by atoms with Crippen LogP contribution in [0.5, 0.6) is 0 Å². The van der Waals surface area contributed by atoms with Crippen LogP contribution in [-0.4, -0.2) is 22.7 Å². The summed E-state index contributed by atoms with van der Waals surface area (Å²) in [4.78, 5) is 11.8. The van der Waals surface area contributed by atoms with Gasteiger partial charge in [-0.25, -0.2) is 0 Å². The van der Waals surface area contributed by atoms with E-state index in [1.165, 1.54) is 19.3 Å². The molecule has 2 N–H and O–H groups in total. The van der Waals surface area contributed by atoms with Crippen LogP contribution in [0.15, 0.2) is 0 Å². The van der Waals surface area contributed by atoms with Crippen LogP contribution in [0, 0.1) is 0 Å². The van der Waals surface area contributed by atoms with Crippen LogP contribution in [0.3, 0.4) is 0 Å². The Morgan fingerprint density at radius 1 is 1.05 bits per heavy atom. The zero-order chi connectivity index (χ0) is 15.4. The van der Waals surface area contributed by atoms with Crippen molar-refractivity contribution >= 4 is 5.97 Å². The van der Waals surface area contributed by atoms with Gasteiger partial charge in [0, 0.05) is 6.04 Å². The highest BCUT2D eigenvalue weighted by Gasteiger charge is 2.37. The number of unbranched alkanes of at least 4 members (excludes halogenated alkanes) is 4. The summed E-state index contributed by atoms with van der Waals surface area (Å²) in [6.45, 7) is 8.50. The van der Waals surface area contributed by atoms with Gasteiger partial charge in [0.2, 0.25) is 0 Å². The molecule has 0 fully saturated rings. The maximum atomic E-state index is 11.8. The Labute approximate surface area is 125 Å². The Bertz CT molecular complexity index is 255. The van der Waals surface area contributed by atoms with Crippen molar-refractivity contribution in [3.8, 4) is 0 Å². The molecule has 2 unspecified atom stereocenters. The lowest BCUT2D eigenvalue weighted by atomic mass is 9.87. The van der Waals surface area contributed by atoms with Gasteiger partial charge in [0.1, 0.15) is 5.54 Å². The average molecular weight is 285 g/mol. The Kier molecular flexibility index (Phi) is 10.8. The molecule has 0 spiro atoms. The van der Waals surface area contributed by atoms with E-state index in [0.717, 1.165) is 38.5 Å². The molecule has 120 valence electrons. The maximum absolute atomic E-state index is 11.8. The molecule has 0 aromatic carbocycles. The number of carboxylic acid groups (broad SMARTS) is 1. The third-order valence-corrected chi connectivity index (χ3v) is 4.35. The van der Waals surface area contributed by atoms with Crippen LogP contribution < -0.4 is 5.32 Å². The van der Waals surface area contributed by atoms with Gasteiger partial charge >= 0.3 is 5.97 Å². The van der Waals surface area contributed by atoms with Gasteiger partial charge in [-0.15, -0.1) is 0 Å². The molecular weight excluding hydrogens is 250 g/mol. The molecule has 0 aliphatic heterocycles. The van der Waals surface area contributed by atoms with Crippen molar-refractivity contribution in [2.45, 2.75) is 103 Å². The summed E-state index contributed by atoms with van der Waals surface area (Å²) in [5.41, 5.74) is -0.720. The Morgan fingerprint density at radius 3 is 2.10 bits per heavy atom. The van der Waals surface area contributed by atoms with Crippen LogP contribution in [0.1, 0.15) is 91.9 Å². The summed E-state index contributed by atoms with van der Waals surface area (Å²) >= 11 is 0. The van der Waals surface area contributed by atoms with Crippen LogP contribution in [0.2, 0.25) is 0 Å². The normalized spacial score (nSPS) is 15.8. The van der Waals surface area contributed by atoms with Crippen molar-refractivity contribution in [1.82, 2.24) is 5.32 Å². The number of hydrogen-bond donors (Lipinski definition) is 2. The van der Waals surface area contributed by atoms with Gasteiger partial charge in [0.05, 0.1) is 0 Å². The smallest absolute Gasteiger partial charge is 0.323 e. The molecule has 0 bridgehead atoms. The second-order valence-electron chi connectivity index (χ2n) is 5.94. The first-order chi connectivity index (χ1) is 9.56. The third kappa shape index (κ3) is 6.74. The monoisotopic (exact) mass is 285 g/mol. The molecule has 0 amide bonds.